The van der Waals surface area contributed by atoms with E-state index in [9.17, 15) is 17.6 Å². The fourth-order valence-electron chi connectivity index (χ4n) is 1.02. The Balaban J connectivity index is 2.48. The third kappa shape index (κ3) is 5.23. The maximum Gasteiger partial charge on any atom is 0.441 e. The Morgan fingerprint density at radius 3 is 2.18 bits per heavy atom. The summed E-state index contributed by atoms with van der Waals surface area (Å²) < 4.78 is 48.4. The van der Waals surface area contributed by atoms with E-state index in [1.165, 1.54) is 12.1 Å². The van der Waals surface area contributed by atoms with E-state index in [1.807, 2.05) is 0 Å². The lowest BCUT2D eigenvalue weighted by atomic mass is 10.3. The van der Waals surface area contributed by atoms with Gasteiger partial charge in [0.25, 0.3) is 0 Å². The lowest BCUT2D eigenvalue weighted by Crippen LogP contribution is -2.09. The third-order valence-corrected chi connectivity index (χ3v) is 2.97. The molecule has 0 fully saturated rings. The Labute approximate surface area is 109 Å². The molecule has 1 rings (SSSR count). The minimum absolute atomic E-state index is 0.0719. The van der Waals surface area contributed by atoms with Gasteiger partial charge in [-0.1, -0.05) is 23.2 Å². The first-order valence-electron chi connectivity index (χ1n) is 4.38. The summed E-state index contributed by atoms with van der Waals surface area (Å²) >= 11 is 10.9. The predicted octanol–water partition coefficient (Wildman–Crippen LogP) is 4.80. The molecule has 0 aliphatic heterocycles. The van der Waals surface area contributed by atoms with Crippen molar-refractivity contribution in [3.63, 3.8) is 0 Å². The molecule has 0 saturated heterocycles. The van der Waals surface area contributed by atoms with E-state index in [0.29, 0.717) is 5.69 Å². The van der Waals surface area contributed by atoms with E-state index in [4.69, 9.17) is 23.2 Å². The molecule has 0 aliphatic carbocycles. The number of hydrogen-bond acceptors (Lipinski definition) is 2. The molecular weight excluding hydrogens is 301 g/mol. The van der Waals surface area contributed by atoms with E-state index < -0.39 is 11.3 Å². The maximum absolute atomic E-state index is 13.0. The third-order valence-electron chi connectivity index (χ3n) is 1.68. The number of halogens is 6. The summed E-state index contributed by atoms with van der Waals surface area (Å²) in [6.07, 6.45) is 0. The molecule has 0 heterocycles. The van der Waals surface area contributed by atoms with Gasteiger partial charge in [-0.05, 0) is 23.9 Å². The number of benzene rings is 1. The molecule has 1 nitrogen and oxygen atoms in total. The first kappa shape index (κ1) is 14.7. The van der Waals surface area contributed by atoms with Crippen molar-refractivity contribution in [1.29, 1.82) is 0 Å². The van der Waals surface area contributed by atoms with Crippen LogP contribution in [0.15, 0.2) is 12.1 Å². The zero-order valence-electron chi connectivity index (χ0n) is 8.24. The Morgan fingerprint density at radius 1 is 1.18 bits per heavy atom. The summed E-state index contributed by atoms with van der Waals surface area (Å²) in [5.74, 6) is -0.903. The number of anilines is 1. The van der Waals surface area contributed by atoms with E-state index in [0.717, 1.165) is 0 Å². The second-order valence-electron chi connectivity index (χ2n) is 2.97. The van der Waals surface area contributed by atoms with Gasteiger partial charge in [-0.2, -0.15) is 13.2 Å². The summed E-state index contributed by atoms with van der Waals surface area (Å²) in [5.41, 5.74) is -3.87. The molecule has 0 bridgehead atoms. The van der Waals surface area contributed by atoms with Crippen LogP contribution in [0.5, 0.6) is 0 Å². The standard InChI is InChI=1S/C9H7Cl2F4NS/c10-6-3-5(4-7(11)8(6)12)16-1-2-17-9(13,14)15/h3-4,16H,1-2H2. The Kier molecular flexibility index (Phi) is 5.22. The van der Waals surface area contributed by atoms with Crippen molar-refractivity contribution in [2.45, 2.75) is 5.51 Å². The molecule has 0 spiro atoms. The van der Waals surface area contributed by atoms with Crippen LogP contribution in [0.25, 0.3) is 0 Å². The van der Waals surface area contributed by atoms with Gasteiger partial charge < -0.3 is 5.32 Å². The molecule has 0 aliphatic rings. The molecule has 0 aromatic heterocycles. The van der Waals surface area contributed by atoms with Crippen LogP contribution < -0.4 is 5.32 Å². The first-order valence-corrected chi connectivity index (χ1v) is 6.13. The Hall–Kier alpha value is -0.330. The van der Waals surface area contributed by atoms with Gasteiger partial charge in [-0.15, -0.1) is 0 Å². The molecule has 0 saturated carbocycles. The van der Waals surface area contributed by atoms with Gasteiger partial charge in [0.1, 0.15) is 0 Å². The van der Waals surface area contributed by atoms with Crippen molar-refractivity contribution in [2.24, 2.45) is 0 Å². The van der Waals surface area contributed by atoms with Gasteiger partial charge in [0.05, 0.1) is 10.0 Å². The molecule has 1 N–H and O–H groups in total. The molecule has 0 atom stereocenters. The molecule has 0 amide bonds. The number of alkyl halides is 3. The van der Waals surface area contributed by atoms with Crippen LogP contribution >= 0.6 is 35.0 Å². The number of hydrogen-bond donors (Lipinski definition) is 1. The Morgan fingerprint density at radius 2 is 1.71 bits per heavy atom. The van der Waals surface area contributed by atoms with Crippen LogP contribution in [0.3, 0.4) is 0 Å². The molecule has 1 aromatic rings. The molecular formula is C9H7Cl2F4NS. The van der Waals surface area contributed by atoms with Crippen molar-refractivity contribution in [3.8, 4) is 0 Å². The van der Waals surface area contributed by atoms with Crippen LogP contribution in [0.2, 0.25) is 10.0 Å². The van der Waals surface area contributed by atoms with Gasteiger partial charge in [0.15, 0.2) is 5.82 Å². The zero-order valence-corrected chi connectivity index (χ0v) is 10.6. The zero-order chi connectivity index (χ0) is 13.1. The van der Waals surface area contributed by atoms with Crippen molar-refractivity contribution >= 4 is 40.7 Å². The normalized spacial score (nSPS) is 11.6. The SMILES string of the molecule is Fc1c(Cl)cc(NCCSC(F)(F)F)cc1Cl. The summed E-state index contributed by atoms with van der Waals surface area (Å²) in [4.78, 5) is 0. The van der Waals surface area contributed by atoms with Crippen LogP contribution in [0, 0.1) is 5.82 Å². The molecule has 0 unspecified atom stereocenters. The van der Waals surface area contributed by atoms with Gasteiger partial charge in [0, 0.05) is 18.0 Å². The first-order chi connectivity index (χ1) is 7.79. The molecule has 17 heavy (non-hydrogen) atoms. The summed E-state index contributed by atoms with van der Waals surface area (Å²) in [6, 6.07) is 2.53. The van der Waals surface area contributed by atoms with Crippen molar-refractivity contribution in [2.75, 3.05) is 17.6 Å². The summed E-state index contributed by atoms with van der Waals surface area (Å²) in [5, 5.41) is 2.32. The second kappa shape index (κ2) is 6.02. The second-order valence-corrected chi connectivity index (χ2v) is 4.95. The van der Waals surface area contributed by atoms with Crippen LogP contribution in [-0.2, 0) is 0 Å². The quantitative estimate of drug-likeness (QED) is 0.487. The molecule has 0 radical (unpaired) electrons. The van der Waals surface area contributed by atoms with Crippen molar-refractivity contribution in [1.82, 2.24) is 0 Å². The Bertz CT molecular complexity index is 374. The average molecular weight is 308 g/mol. The van der Waals surface area contributed by atoms with Crippen molar-refractivity contribution < 1.29 is 17.6 Å². The summed E-state index contributed by atoms with van der Waals surface area (Å²) in [7, 11) is 0. The largest absolute Gasteiger partial charge is 0.441 e. The number of thioether (sulfide) groups is 1. The minimum Gasteiger partial charge on any atom is -0.384 e. The van der Waals surface area contributed by atoms with Crippen LogP contribution in [-0.4, -0.2) is 17.8 Å². The average Bonchev–Trinajstić information content (AvgIpc) is 2.19. The smallest absolute Gasteiger partial charge is 0.384 e. The summed E-state index contributed by atoms with van der Waals surface area (Å²) in [6.45, 7) is 0.0719. The lowest BCUT2D eigenvalue weighted by molar-refractivity contribution is -0.0327. The lowest BCUT2D eigenvalue weighted by Gasteiger charge is -2.09. The maximum atomic E-state index is 13.0. The highest BCUT2D eigenvalue weighted by molar-refractivity contribution is 8.00. The molecule has 96 valence electrons. The van der Waals surface area contributed by atoms with E-state index >= 15 is 0 Å². The van der Waals surface area contributed by atoms with E-state index in [2.05, 4.69) is 5.32 Å². The number of rotatable bonds is 4. The van der Waals surface area contributed by atoms with Gasteiger partial charge in [-0.3, -0.25) is 0 Å². The highest BCUT2D eigenvalue weighted by Gasteiger charge is 2.27. The highest BCUT2D eigenvalue weighted by Crippen LogP contribution is 2.30. The number of nitrogens with one attached hydrogen (secondary N) is 1. The highest BCUT2D eigenvalue weighted by atomic mass is 35.5. The van der Waals surface area contributed by atoms with Crippen LogP contribution in [0.1, 0.15) is 0 Å². The van der Waals surface area contributed by atoms with Crippen LogP contribution in [0.4, 0.5) is 23.2 Å². The topological polar surface area (TPSA) is 12.0 Å². The van der Waals surface area contributed by atoms with Gasteiger partial charge >= 0.3 is 5.51 Å². The minimum atomic E-state index is -4.25. The molecule has 8 heteroatoms. The van der Waals surface area contributed by atoms with Crippen molar-refractivity contribution in [3.05, 3.63) is 28.0 Å². The fourth-order valence-corrected chi connectivity index (χ4v) is 1.94. The molecule has 1 aromatic carbocycles. The fraction of sp³-hybridized carbons (Fsp3) is 0.333. The monoisotopic (exact) mass is 307 g/mol. The van der Waals surface area contributed by atoms with E-state index in [1.54, 1.807) is 0 Å². The van der Waals surface area contributed by atoms with Gasteiger partial charge in [-0.25, -0.2) is 4.39 Å². The predicted molar refractivity (Wildman–Crippen MR) is 63.4 cm³/mol. The van der Waals surface area contributed by atoms with Gasteiger partial charge in [0.2, 0.25) is 0 Å². The van der Waals surface area contributed by atoms with E-state index in [-0.39, 0.29) is 34.1 Å².